The number of carbonyl (C=O) groups excluding carboxylic acids is 1. The lowest BCUT2D eigenvalue weighted by Gasteiger charge is -1.84. The third kappa shape index (κ3) is 1.17. The van der Waals surface area contributed by atoms with Crippen LogP contribution < -0.4 is 5.73 Å². The highest BCUT2D eigenvalue weighted by molar-refractivity contribution is 5.93. The van der Waals surface area contributed by atoms with Crippen LogP contribution in [0.5, 0.6) is 0 Å². The van der Waals surface area contributed by atoms with Gasteiger partial charge in [-0.3, -0.25) is 4.79 Å². The van der Waals surface area contributed by atoms with Crippen LogP contribution in [0.15, 0.2) is 22.8 Å². The zero-order valence-electron chi connectivity index (χ0n) is 4.96. The van der Waals surface area contributed by atoms with E-state index in [4.69, 9.17) is 4.42 Å². The summed E-state index contributed by atoms with van der Waals surface area (Å²) in [4.78, 5) is 10.7. The lowest BCUT2D eigenvalue weighted by atomic mass is 10.3. The van der Waals surface area contributed by atoms with E-state index >= 15 is 0 Å². The minimum atomic E-state index is -0.0556. The number of quaternary nitrogens is 1. The van der Waals surface area contributed by atoms with Crippen LogP contribution in [-0.2, 0) is 0 Å². The van der Waals surface area contributed by atoms with Crippen LogP contribution in [0.25, 0.3) is 0 Å². The maximum Gasteiger partial charge on any atom is 0.251 e. The summed E-state index contributed by atoms with van der Waals surface area (Å²) < 4.78 is 4.80. The molecule has 48 valence electrons. The number of Topliss-reactive ketones (excluding diaryl/α,β-unsaturated/α-hetero) is 1. The molecule has 0 saturated heterocycles. The van der Waals surface area contributed by atoms with Crippen LogP contribution in [0.2, 0.25) is 0 Å². The largest absolute Gasteiger partial charge is 0.461 e. The van der Waals surface area contributed by atoms with Crippen molar-refractivity contribution in [2.45, 2.75) is 0 Å². The first-order chi connectivity index (χ1) is 4.34. The molecule has 0 fully saturated rings. The number of carbonyl (C=O) groups is 1. The molecular formula is C6H8NO2+. The van der Waals surface area contributed by atoms with Crippen molar-refractivity contribution in [1.82, 2.24) is 0 Å². The number of rotatable bonds is 2. The second-order valence-corrected chi connectivity index (χ2v) is 1.65. The average Bonchev–Trinajstić information content (AvgIpc) is 2.37. The van der Waals surface area contributed by atoms with Gasteiger partial charge in [-0.15, -0.1) is 0 Å². The smallest absolute Gasteiger partial charge is 0.251 e. The van der Waals surface area contributed by atoms with Crippen LogP contribution in [-0.4, -0.2) is 12.3 Å². The van der Waals surface area contributed by atoms with Crippen molar-refractivity contribution >= 4 is 5.78 Å². The van der Waals surface area contributed by atoms with E-state index < -0.39 is 0 Å². The summed E-state index contributed by atoms with van der Waals surface area (Å²) >= 11 is 0. The van der Waals surface area contributed by atoms with Gasteiger partial charge in [0.25, 0.3) is 5.78 Å². The van der Waals surface area contributed by atoms with Gasteiger partial charge in [-0.2, -0.15) is 0 Å². The van der Waals surface area contributed by atoms with Crippen LogP contribution in [0, 0.1) is 0 Å². The number of hydrogen-bond acceptors (Lipinski definition) is 2. The minimum absolute atomic E-state index is 0.0556. The Kier molecular flexibility index (Phi) is 1.65. The second-order valence-electron chi connectivity index (χ2n) is 1.65. The molecule has 1 aromatic heterocycles. The van der Waals surface area contributed by atoms with Crippen molar-refractivity contribution in [2.24, 2.45) is 0 Å². The third-order valence-corrected chi connectivity index (χ3v) is 1.02. The van der Waals surface area contributed by atoms with E-state index in [1.807, 2.05) is 0 Å². The van der Waals surface area contributed by atoms with E-state index in [0.717, 1.165) is 0 Å². The van der Waals surface area contributed by atoms with Crippen LogP contribution in [0.3, 0.4) is 0 Å². The fraction of sp³-hybridized carbons (Fsp3) is 0.167. The third-order valence-electron chi connectivity index (χ3n) is 1.02. The standard InChI is InChI=1S/C6H7NO2/c7-4-5(8)6-2-1-3-9-6/h1-3H,4,7H2/p+1. The highest BCUT2D eigenvalue weighted by Gasteiger charge is 2.05. The normalized spacial score (nSPS) is 9.44. The number of ketones is 1. The SMILES string of the molecule is [NH3+]CC(=O)c1ccco1. The Hall–Kier alpha value is -1.09. The number of furan rings is 1. The molecule has 0 bridgehead atoms. The summed E-state index contributed by atoms with van der Waals surface area (Å²) in [6, 6.07) is 3.32. The van der Waals surface area contributed by atoms with Crippen molar-refractivity contribution < 1.29 is 14.9 Å². The minimum Gasteiger partial charge on any atom is -0.461 e. The quantitative estimate of drug-likeness (QED) is 0.553. The molecule has 1 rings (SSSR count). The van der Waals surface area contributed by atoms with Crippen molar-refractivity contribution in [3.8, 4) is 0 Å². The molecule has 0 radical (unpaired) electrons. The van der Waals surface area contributed by atoms with Crippen molar-refractivity contribution in [3.63, 3.8) is 0 Å². The highest BCUT2D eigenvalue weighted by atomic mass is 16.3. The van der Waals surface area contributed by atoms with Gasteiger partial charge in [0.05, 0.1) is 6.26 Å². The molecule has 1 aromatic rings. The Morgan fingerprint density at radius 2 is 2.56 bits per heavy atom. The van der Waals surface area contributed by atoms with E-state index in [1.165, 1.54) is 6.26 Å². The zero-order chi connectivity index (χ0) is 6.69. The molecule has 0 aromatic carbocycles. The summed E-state index contributed by atoms with van der Waals surface area (Å²) in [6.45, 7) is 0.257. The Bertz CT molecular complexity index is 191. The van der Waals surface area contributed by atoms with Crippen LogP contribution in [0.4, 0.5) is 0 Å². The lowest BCUT2D eigenvalue weighted by Crippen LogP contribution is -2.54. The second kappa shape index (κ2) is 2.46. The predicted octanol–water partition coefficient (Wildman–Crippen LogP) is -0.296. The average molecular weight is 126 g/mol. The molecule has 0 aliphatic rings. The van der Waals surface area contributed by atoms with Gasteiger partial charge < -0.3 is 10.2 Å². The van der Waals surface area contributed by atoms with E-state index in [0.29, 0.717) is 5.76 Å². The van der Waals surface area contributed by atoms with Crippen molar-refractivity contribution in [1.29, 1.82) is 0 Å². The fourth-order valence-corrected chi connectivity index (χ4v) is 0.560. The van der Waals surface area contributed by atoms with Gasteiger partial charge in [0.15, 0.2) is 5.76 Å². The topological polar surface area (TPSA) is 57.9 Å². The zero-order valence-corrected chi connectivity index (χ0v) is 4.96. The summed E-state index contributed by atoms with van der Waals surface area (Å²) in [6.07, 6.45) is 1.48. The van der Waals surface area contributed by atoms with E-state index in [9.17, 15) is 4.79 Å². The van der Waals surface area contributed by atoms with Gasteiger partial charge in [0.1, 0.15) is 6.54 Å². The molecule has 3 nitrogen and oxygen atoms in total. The van der Waals surface area contributed by atoms with Gasteiger partial charge in [0.2, 0.25) is 0 Å². The first-order valence-electron chi connectivity index (χ1n) is 2.70. The Morgan fingerprint density at radius 3 is 3.00 bits per heavy atom. The molecule has 3 heteroatoms. The lowest BCUT2D eigenvalue weighted by molar-refractivity contribution is -0.349. The van der Waals surface area contributed by atoms with Gasteiger partial charge >= 0.3 is 0 Å². The van der Waals surface area contributed by atoms with Gasteiger partial charge in [0, 0.05) is 0 Å². The molecule has 1 heterocycles. The van der Waals surface area contributed by atoms with E-state index in [1.54, 1.807) is 12.1 Å². The Morgan fingerprint density at radius 1 is 1.78 bits per heavy atom. The first-order valence-corrected chi connectivity index (χ1v) is 2.70. The van der Waals surface area contributed by atoms with Gasteiger partial charge in [-0.05, 0) is 12.1 Å². The molecule has 0 saturated carbocycles. The molecule has 0 spiro atoms. The van der Waals surface area contributed by atoms with Crippen LogP contribution >= 0.6 is 0 Å². The van der Waals surface area contributed by atoms with E-state index in [2.05, 4.69) is 5.73 Å². The monoisotopic (exact) mass is 126 g/mol. The Labute approximate surface area is 52.5 Å². The van der Waals surface area contributed by atoms with Crippen molar-refractivity contribution in [2.75, 3.05) is 6.54 Å². The maximum absolute atomic E-state index is 10.7. The fourth-order valence-electron chi connectivity index (χ4n) is 0.560. The first kappa shape index (κ1) is 6.04. The van der Waals surface area contributed by atoms with Gasteiger partial charge in [-0.25, -0.2) is 0 Å². The molecular weight excluding hydrogens is 118 g/mol. The highest BCUT2D eigenvalue weighted by Crippen LogP contribution is 1.98. The number of hydrogen-bond donors (Lipinski definition) is 1. The summed E-state index contributed by atoms with van der Waals surface area (Å²) in [5.74, 6) is 0.338. The molecule has 9 heavy (non-hydrogen) atoms. The summed E-state index contributed by atoms with van der Waals surface area (Å²) in [5.41, 5.74) is 3.43. The summed E-state index contributed by atoms with van der Waals surface area (Å²) in [7, 11) is 0. The predicted molar refractivity (Wildman–Crippen MR) is 30.8 cm³/mol. The molecule has 0 atom stereocenters. The van der Waals surface area contributed by atoms with Gasteiger partial charge in [-0.1, -0.05) is 0 Å². The van der Waals surface area contributed by atoms with Crippen LogP contribution in [0.1, 0.15) is 10.6 Å². The summed E-state index contributed by atoms with van der Waals surface area (Å²) in [5, 5.41) is 0. The molecule has 0 unspecified atom stereocenters. The Balaban J connectivity index is 2.77. The molecule has 0 aliphatic heterocycles. The molecule has 3 N–H and O–H groups in total. The van der Waals surface area contributed by atoms with E-state index in [-0.39, 0.29) is 12.3 Å². The maximum atomic E-state index is 10.7. The molecule has 0 aliphatic carbocycles. The molecule has 0 amide bonds. The van der Waals surface area contributed by atoms with Crippen molar-refractivity contribution in [3.05, 3.63) is 24.2 Å².